The first-order valence-corrected chi connectivity index (χ1v) is 11.1. The molecule has 0 bridgehead atoms. The van der Waals surface area contributed by atoms with Crippen molar-refractivity contribution in [2.75, 3.05) is 32.9 Å². The molecule has 3 atom stereocenters. The van der Waals surface area contributed by atoms with Crippen LogP contribution in [-0.2, 0) is 16.1 Å². The highest BCUT2D eigenvalue weighted by atomic mass is 19.1. The minimum atomic E-state index is -0.265. The van der Waals surface area contributed by atoms with Gasteiger partial charge in [0.05, 0.1) is 12.5 Å². The molecule has 0 saturated carbocycles. The second kappa shape index (κ2) is 8.93. The molecule has 7 heteroatoms. The summed E-state index contributed by atoms with van der Waals surface area (Å²) in [5.74, 6) is 0.832. The maximum Gasteiger partial charge on any atom is 0.225 e. The minimum Gasteiger partial charge on any atom is -0.493 e. The molecule has 2 saturated heterocycles. The third-order valence-electron chi connectivity index (χ3n) is 6.83. The van der Waals surface area contributed by atoms with Gasteiger partial charge < -0.3 is 14.8 Å². The summed E-state index contributed by atoms with van der Waals surface area (Å²) >= 11 is 0. The molecule has 0 unspecified atom stereocenters. The van der Waals surface area contributed by atoms with Crippen molar-refractivity contribution in [3.8, 4) is 5.75 Å². The van der Waals surface area contributed by atoms with Crippen LogP contribution < -0.4 is 10.1 Å². The number of fused-ring (bicyclic) bond motifs is 3. The number of hydrogen-bond acceptors (Lipinski definition) is 5. The number of nitrogens with one attached hydrogen (secondary N) is 1. The van der Waals surface area contributed by atoms with E-state index in [1.54, 1.807) is 24.5 Å². The van der Waals surface area contributed by atoms with Gasteiger partial charge in [0.2, 0.25) is 5.91 Å². The van der Waals surface area contributed by atoms with Gasteiger partial charge in [0.15, 0.2) is 0 Å². The highest BCUT2D eigenvalue weighted by Gasteiger charge is 2.49. The van der Waals surface area contributed by atoms with E-state index < -0.39 is 0 Å². The van der Waals surface area contributed by atoms with Crippen molar-refractivity contribution in [1.29, 1.82) is 0 Å². The van der Waals surface area contributed by atoms with E-state index in [0.29, 0.717) is 25.6 Å². The molecular weight excluding hydrogens is 397 g/mol. The van der Waals surface area contributed by atoms with E-state index in [2.05, 4.69) is 15.2 Å². The molecular formula is C24H28FN3O3. The first kappa shape index (κ1) is 20.4. The molecule has 2 aromatic rings. The normalized spacial score (nSPS) is 26.0. The Bertz CT molecular complexity index is 920. The van der Waals surface area contributed by atoms with E-state index in [4.69, 9.17) is 9.47 Å². The summed E-state index contributed by atoms with van der Waals surface area (Å²) in [6.07, 6.45) is 5.53. The van der Waals surface area contributed by atoms with Gasteiger partial charge in [0, 0.05) is 62.8 Å². The number of carbonyl (C=O) groups excluding carboxylic acids is 1. The van der Waals surface area contributed by atoms with Gasteiger partial charge in [-0.05, 0) is 48.6 Å². The molecule has 6 nitrogen and oxygen atoms in total. The number of ether oxygens (including phenoxy) is 2. The zero-order valence-corrected chi connectivity index (χ0v) is 17.5. The topological polar surface area (TPSA) is 63.7 Å². The summed E-state index contributed by atoms with van der Waals surface area (Å²) in [5, 5.41) is 3.08. The lowest BCUT2D eigenvalue weighted by atomic mass is 9.84. The SMILES string of the molecule is O=C(NCc1cccnc1)[C@@H]1CN(CC2CCOCC2)[C@H]2c3cc(F)ccc3OC[C@@H]12. The van der Waals surface area contributed by atoms with Crippen LogP contribution in [0.3, 0.4) is 0 Å². The second-order valence-electron chi connectivity index (χ2n) is 8.80. The average Bonchev–Trinajstić information content (AvgIpc) is 3.17. The maximum absolute atomic E-state index is 14.1. The maximum atomic E-state index is 14.1. The van der Waals surface area contributed by atoms with Crippen LogP contribution in [0, 0.1) is 23.6 Å². The number of hydrogen-bond donors (Lipinski definition) is 1. The van der Waals surface area contributed by atoms with Crippen molar-refractivity contribution in [3.63, 3.8) is 0 Å². The number of carbonyl (C=O) groups is 1. The predicted molar refractivity (Wildman–Crippen MR) is 113 cm³/mol. The van der Waals surface area contributed by atoms with Gasteiger partial charge >= 0.3 is 0 Å². The number of amides is 1. The number of aromatic nitrogens is 1. The van der Waals surface area contributed by atoms with Crippen molar-refractivity contribution >= 4 is 5.91 Å². The Kier molecular flexibility index (Phi) is 5.87. The zero-order chi connectivity index (χ0) is 21.2. The fourth-order valence-electron chi connectivity index (χ4n) is 5.24. The number of nitrogens with zero attached hydrogens (tertiary/aromatic N) is 2. The lowest BCUT2D eigenvalue weighted by Crippen LogP contribution is -2.38. The number of halogens is 1. The number of rotatable bonds is 5. The molecule has 1 amide bonds. The van der Waals surface area contributed by atoms with Gasteiger partial charge in [-0.1, -0.05) is 6.07 Å². The molecule has 0 radical (unpaired) electrons. The molecule has 2 fully saturated rings. The fraction of sp³-hybridized carbons (Fsp3) is 0.500. The summed E-state index contributed by atoms with van der Waals surface area (Å²) < 4.78 is 25.6. The van der Waals surface area contributed by atoms with Crippen molar-refractivity contribution in [2.45, 2.75) is 25.4 Å². The highest BCUT2D eigenvalue weighted by molar-refractivity contribution is 5.80. The Hall–Kier alpha value is -2.51. The number of pyridine rings is 1. The van der Waals surface area contributed by atoms with Crippen LogP contribution in [0.4, 0.5) is 4.39 Å². The summed E-state index contributed by atoms with van der Waals surface area (Å²) in [6.45, 7) is 4.05. The van der Waals surface area contributed by atoms with E-state index in [0.717, 1.165) is 49.5 Å². The monoisotopic (exact) mass is 425 g/mol. The Morgan fingerprint density at radius 2 is 2.13 bits per heavy atom. The van der Waals surface area contributed by atoms with E-state index >= 15 is 0 Å². The van der Waals surface area contributed by atoms with Crippen LogP contribution in [0.25, 0.3) is 0 Å². The highest BCUT2D eigenvalue weighted by Crippen LogP contribution is 2.48. The average molecular weight is 426 g/mol. The van der Waals surface area contributed by atoms with Crippen molar-refractivity contribution < 1.29 is 18.7 Å². The van der Waals surface area contributed by atoms with E-state index in [1.807, 2.05) is 12.1 Å². The Balaban J connectivity index is 1.37. The third kappa shape index (κ3) is 4.29. The lowest BCUT2D eigenvalue weighted by Gasteiger charge is -2.36. The molecule has 0 spiro atoms. The second-order valence-corrected chi connectivity index (χ2v) is 8.80. The molecule has 1 N–H and O–H groups in total. The van der Waals surface area contributed by atoms with Gasteiger partial charge in [0.1, 0.15) is 11.6 Å². The molecule has 5 rings (SSSR count). The Morgan fingerprint density at radius 1 is 1.26 bits per heavy atom. The molecule has 0 aliphatic carbocycles. The molecule has 1 aromatic carbocycles. The summed E-state index contributed by atoms with van der Waals surface area (Å²) in [4.78, 5) is 19.7. The molecule has 3 aliphatic rings. The van der Waals surface area contributed by atoms with Crippen LogP contribution in [0.2, 0.25) is 0 Å². The lowest BCUT2D eigenvalue weighted by molar-refractivity contribution is -0.126. The van der Waals surface area contributed by atoms with Gasteiger partial charge in [-0.15, -0.1) is 0 Å². The van der Waals surface area contributed by atoms with Crippen LogP contribution in [-0.4, -0.2) is 48.7 Å². The standard InChI is InChI=1S/C24H28FN3O3/c25-18-3-4-22-19(10-18)23-21(15-31-22)20(14-28(23)13-16-5-8-30-9-6-16)24(29)27-12-17-2-1-7-26-11-17/h1-4,7,10-11,16,20-21,23H,5-6,8-9,12-15H2,(H,27,29)/t20-,21+,23+/m1/s1. The van der Waals surface area contributed by atoms with Gasteiger partial charge in [-0.3, -0.25) is 14.7 Å². The summed E-state index contributed by atoms with van der Waals surface area (Å²) in [6, 6.07) is 8.54. The quantitative estimate of drug-likeness (QED) is 0.798. The Labute approximate surface area is 181 Å². The van der Waals surface area contributed by atoms with Crippen LogP contribution >= 0.6 is 0 Å². The van der Waals surface area contributed by atoms with Crippen LogP contribution in [0.1, 0.15) is 30.0 Å². The van der Waals surface area contributed by atoms with Crippen molar-refractivity contribution in [3.05, 3.63) is 59.7 Å². The number of likely N-dealkylation sites (tertiary alicyclic amines) is 1. The summed E-state index contributed by atoms with van der Waals surface area (Å²) in [5.41, 5.74) is 1.84. The Morgan fingerprint density at radius 3 is 2.94 bits per heavy atom. The van der Waals surface area contributed by atoms with Gasteiger partial charge in [-0.25, -0.2) is 4.39 Å². The molecule has 31 heavy (non-hydrogen) atoms. The van der Waals surface area contributed by atoms with E-state index in [-0.39, 0.29) is 29.6 Å². The van der Waals surface area contributed by atoms with E-state index in [1.165, 1.54) is 6.07 Å². The first-order valence-electron chi connectivity index (χ1n) is 11.1. The molecule has 4 heterocycles. The molecule has 164 valence electrons. The largest absolute Gasteiger partial charge is 0.493 e. The van der Waals surface area contributed by atoms with Gasteiger partial charge in [0.25, 0.3) is 0 Å². The third-order valence-corrected chi connectivity index (χ3v) is 6.83. The number of benzene rings is 1. The van der Waals surface area contributed by atoms with Crippen LogP contribution in [0.5, 0.6) is 5.75 Å². The first-order chi connectivity index (χ1) is 15.2. The molecule has 1 aromatic heterocycles. The van der Waals surface area contributed by atoms with Gasteiger partial charge in [-0.2, -0.15) is 0 Å². The van der Waals surface area contributed by atoms with Crippen LogP contribution in [0.15, 0.2) is 42.7 Å². The predicted octanol–water partition coefficient (Wildman–Crippen LogP) is 2.95. The minimum absolute atomic E-state index is 0.00281. The zero-order valence-electron chi connectivity index (χ0n) is 17.5. The summed E-state index contributed by atoms with van der Waals surface area (Å²) in [7, 11) is 0. The van der Waals surface area contributed by atoms with Crippen molar-refractivity contribution in [2.24, 2.45) is 17.8 Å². The van der Waals surface area contributed by atoms with Crippen molar-refractivity contribution in [1.82, 2.24) is 15.2 Å². The molecule has 3 aliphatic heterocycles. The smallest absolute Gasteiger partial charge is 0.225 e. The fourth-order valence-corrected chi connectivity index (χ4v) is 5.24. The van der Waals surface area contributed by atoms with E-state index in [9.17, 15) is 9.18 Å².